The van der Waals surface area contributed by atoms with E-state index in [4.69, 9.17) is 11.6 Å². The summed E-state index contributed by atoms with van der Waals surface area (Å²) in [5.74, 6) is 0.193. The van der Waals surface area contributed by atoms with Crippen LogP contribution in [0.1, 0.15) is 19.0 Å². The maximum absolute atomic E-state index is 11.3. The molecule has 1 aromatic heterocycles. The number of nitrogens with one attached hydrogen (secondary N) is 1. The molecule has 0 atom stereocenters. The van der Waals surface area contributed by atoms with Crippen molar-refractivity contribution in [2.45, 2.75) is 19.8 Å². The van der Waals surface area contributed by atoms with Gasteiger partial charge in [0.2, 0.25) is 0 Å². The second-order valence-corrected chi connectivity index (χ2v) is 5.62. The summed E-state index contributed by atoms with van der Waals surface area (Å²) in [4.78, 5) is 14.7. The number of carbonyl (C=O) groups excluding carboxylic acids is 1. The number of halogens is 1. The third-order valence-electron chi connectivity index (χ3n) is 3.65. The number of hydrogen-bond acceptors (Lipinski definition) is 1. The molecule has 0 bridgehead atoms. The molecule has 0 saturated carbocycles. The summed E-state index contributed by atoms with van der Waals surface area (Å²) in [5.41, 5.74) is 4.30. The van der Waals surface area contributed by atoms with Crippen LogP contribution in [-0.2, 0) is 11.2 Å². The summed E-state index contributed by atoms with van der Waals surface area (Å²) in [7, 11) is 0. The summed E-state index contributed by atoms with van der Waals surface area (Å²) >= 11 is 6.29. The molecule has 0 radical (unpaired) electrons. The molecule has 3 rings (SSSR count). The average Bonchev–Trinajstić information content (AvgIpc) is 2.86. The molecule has 21 heavy (non-hydrogen) atoms. The first-order chi connectivity index (χ1) is 10.2. The number of ketones is 1. The van der Waals surface area contributed by atoms with Crippen molar-refractivity contribution in [3.8, 4) is 11.1 Å². The van der Waals surface area contributed by atoms with Crippen LogP contribution in [0.4, 0.5) is 0 Å². The van der Waals surface area contributed by atoms with Crippen LogP contribution in [0, 0.1) is 0 Å². The van der Waals surface area contributed by atoms with Crippen molar-refractivity contribution >= 4 is 28.3 Å². The monoisotopic (exact) mass is 297 g/mol. The van der Waals surface area contributed by atoms with Crippen molar-refractivity contribution in [2.24, 2.45) is 0 Å². The van der Waals surface area contributed by atoms with E-state index < -0.39 is 0 Å². The van der Waals surface area contributed by atoms with Crippen molar-refractivity contribution in [3.05, 3.63) is 59.2 Å². The van der Waals surface area contributed by atoms with E-state index in [1.807, 2.05) is 30.3 Å². The van der Waals surface area contributed by atoms with Gasteiger partial charge < -0.3 is 9.78 Å². The van der Waals surface area contributed by atoms with E-state index in [9.17, 15) is 4.79 Å². The highest BCUT2D eigenvalue weighted by Crippen LogP contribution is 2.35. The highest BCUT2D eigenvalue weighted by molar-refractivity contribution is 6.35. The lowest BCUT2D eigenvalue weighted by molar-refractivity contribution is -0.116. The van der Waals surface area contributed by atoms with Crippen molar-refractivity contribution in [3.63, 3.8) is 0 Å². The maximum Gasteiger partial charge on any atom is 0.130 e. The Kier molecular flexibility index (Phi) is 3.80. The summed E-state index contributed by atoms with van der Waals surface area (Å²) in [6.45, 7) is 1.62. The van der Waals surface area contributed by atoms with Gasteiger partial charge in [0.25, 0.3) is 0 Å². The van der Waals surface area contributed by atoms with Crippen LogP contribution < -0.4 is 0 Å². The van der Waals surface area contributed by atoms with E-state index in [1.54, 1.807) is 6.92 Å². The van der Waals surface area contributed by atoms with Crippen LogP contribution in [0.2, 0.25) is 5.02 Å². The van der Waals surface area contributed by atoms with Crippen LogP contribution in [-0.4, -0.2) is 10.8 Å². The number of benzene rings is 2. The number of aromatic amines is 1. The van der Waals surface area contributed by atoms with Gasteiger partial charge in [0.1, 0.15) is 5.78 Å². The van der Waals surface area contributed by atoms with Gasteiger partial charge in [-0.3, -0.25) is 0 Å². The van der Waals surface area contributed by atoms with E-state index in [-0.39, 0.29) is 5.78 Å². The van der Waals surface area contributed by atoms with Gasteiger partial charge in [0, 0.05) is 23.1 Å². The van der Waals surface area contributed by atoms with Crippen LogP contribution in [0.25, 0.3) is 22.0 Å². The highest BCUT2D eigenvalue weighted by atomic mass is 35.5. The summed E-state index contributed by atoms with van der Waals surface area (Å²) < 4.78 is 0. The Morgan fingerprint density at radius 1 is 1.10 bits per heavy atom. The zero-order valence-electron chi connectivity index (χ0n) is 11.8. The van der Waals surface area contributed by atoms with Gasteiger partial charge in [-0.2, -0.15) is 0 Å². The normalized spacial score (nSPS) is 11.0. The number of H-pyrrole nitrogens is 1. The minimum Gasteiger partial charge on any atom is -0.357 e. The number of carbonyl (C=O) groups is 1. The predicted molar refractivity (Wildman–Crippen MR) is 87.7 cm³/mol. The fourth-order valence-corrected chi connectivity index (χ4v) is 2.88. The van der Waals surface area contributed by atoms with Gasteiger partial charge in [-0.1, -0.05) is 54.1 Å². The topological polar surface area (TPSA) is 32.9 Å². The Morgan fingerprint density at radius 3 is 2.57 bits per heavy atom. The molecule has 3 heteroatoms. The van der Waals surface area contributed by atoms with Gasteiger partial charge in [-0.05, 0) is 25.0 Å². The minimum atomic E-state index is 0.193. The lowest BCUT2D eigenvalue weighted by atomic mass is 9.99. The van der Waals surface area contributed by atoms with Gasteiger partial charge in [-0.25, -0.2) is 0 Å². The summed E-state index contributed by atoms with van der Waals surface area (Å²) in [6, 6.07) is 16.1. The smallest absolute Gasteiger partial charge is 0.130 e. The van der Waals surface area contributed by atoms with Crippen LogP contribution in [0.5, 0.6) is 0 Å². The second-order valence-electron chi connectivity index (χ2n) is 5.21. The van der Waals surface area contributed by atoms with Crippen molar-refractivity contribution in [2.75, 3.05) is 0 Å². The molecule has 0 amide bonds. The number of hydrogen-bond donors (Lipinski definition) is 1. The van der Waals surface area contributed by atoms with Gasteiger partial charge >= 0.3 is 0 Å². The fourth-order valence-electron chi connectivity index (χ4n) is 2.66. The van der Waals surface area contributed by atoms with Gasteiger partial charge in [0.05, 0.1) is 10.5 Å². The molecule has 2 nitrogen and oxygen atoms in total. The number of Topliss-reactive ketones (excluding diaryl/α,β-unsaturated/α-hetero) is 1. The lowest BCUT2D eigenvalue weighted by Gasteiger charge is -2.04. The summed E-state index contributed by atoms with van der Waals surface area (Å²) in [6.07, 6.45) is 1.23. The van der Waals surface area contributed by atoms with E-state index in [0.717, 1.165) is 27.7 Å². The Hall–Kier alpha value is -2.06. The Morgan fingerprint density at radius 2 is 1.86 bits per heavy atom. The van der Waals surface area contributed by atoms with Crippen LogP contribution >= 0.6 is 11.6 Å². The first kappa shape index (κ1) is 13.9. The molecule has 1 N–H and O–H groups in total. The molecule has 3 aromatic rings. The van der Waals surface area contributed by atoms with Crippen molar-refractivity contribution in [1.82, 2.24) is 4.98 Å². The molecule has 0 aliphatic rings. The third-order valence-corrected chi connectivity index (χ3v) is 3.97. The average molecular weight is 298 g/mol. The van der Waals surface area contributed by atoms with E-state index >= 15 is 0 Å². The quantitative estimate of drug-likeness (QED) is 0.721. The van der Waals surface area contributed by atoms with Gasteiger partial charge in [0.15, 0.2) is 0 Å². The molecule has 0 aliphatic heterocycles. The second kappa shape index (κ2) is 5.74. The Balaban J connectivity index is 2.21. The number of aromatic nitrogens is 1. The Labute approximate surface area is 128 Å². The Bertz CT molecular complexity index is 790. The minimum absolute atomic E-state index is 0.193. The molecule has 106 valence electrons. The number of rotatable bonds is 4. The SMILES string of the molecule is CC(=O)CCc1[nH]c2c(Cl)cccc2c1-c1ccccc1. The van der Waals surface area contributed by atoms with Gasteiger partial charge in [-0.15, -0.1) is 0 Å². The van der Waals surface area contributed by atoms with Crippen LogP contribution in [0.15, 0.2) is 48.5 Å². The van der Waals surface area contributed by atoms with Crippen molar-refractivity contribution < 1.29 is 4.79 Å². The van der Waals surface area contributed by atoms with E-state index in [2.05, 4.69) is 23.2 Å². The predicted octanol–water partition coefficient (Wildman–Crippen LogP) is 5.01. The molecule has 0 spiro atoms. The maximum atomic E-state index is 11.3. The largest absolute Gasteiger partial charge is 0.357 e. The van der Waals surface area contributed by atoms with E-state index in [0.29, 0.717) is 17.9 Å². The first-order valence-electron chi connectivity index (χ1n) is 7.00. The van der Waals surface area contributed by atoms with Crippen molar-refractivity contribution in [1.29, 1.82) is 0 Å². The molecule has 0 saturated heterocycles. The van der Waals surface area contributed by atoms with E-state index in [1.165, 1.54) is 0 Å². The summed E-state index contributed by atoms with van der Waals surface area (Å²) in [5, 5.41) is 1.81. The first-order valence-corrected chi connectivity index (χ1v) is 7.38. The fraction of sp³-hybridized carbons (Fsp3) is 0.167. The zero-order valence-corrected chi connectivity index (χ0v) is 12.6. The molecular weight excluding hydrogens is 282 g/mol. The number of aryl methyl sites for hydroxylation is 1. The van der Waals surface area contributed by atoms with Crippen LogP contribution in [0.3, 0.4) is 0 Å². The number of fused-ring (bicyclic) bond motifs is 1. The molecule has 0 aliphatic carbocycles. The molecule has 2 aromatic carbocycles. The molecule has 1 heterocycles. The molecule has 0 fully saturated rings. The highest BCUT2D eigenvalue weighted by Gasteiger charge is 2.15. The number of para-hydroxylation sites is 1. The zero-order chi connectivity index (χ0) is 14.8. The standard InChI is InChI=1S/C18H16ClNO/c1-12(21)10-11-16-17(13-6-3-2-4-7-13)14-8-5-9-15(19)18(14)20-16/h2-9,20H,10-11H2,1H3. The molecule has 0 unspecified atom stereocenters. The molecular formula is C18H16ClNO. The lowest BCUT2D eigenvalue weighted by Crippen LogP contribution is -1.95. The third kappa shape index (κ3) is 2.72.